The van der Waals surface area contributed by atoms with E-state index < -0.39 is 18.0 Å². The molecule has 2 N–H and O–H groups in total. The SMILES string of the molecule is CC(O)[C@H]1C(=O)N2C(C(=O)O)=C(SC3Cc4nccn4C3)[C@H](C)[C@H]12. The first-order chi connectivity index (χ1) is 11.4. The highest BCUT2D eigenvalue weighted by atomic mass is 32.2. The first-order valence-electron chi connectivity index (χ1n) is 8.05. The monoisotopic (exact) mass is 349 g/mol. The standard InChI is InChI=1S/C16H19N3O4S/c1-7-12-11(8(2)20)15(21)19(12)13(16(22)23)14(7)24-9-5-10-17-3-4-18(10)6-9/h3-4,7-9,11-12,20H,5-6H2,1-2H3,(H,22,23)/t7-,8?,9?,11-,12-/m1/s1. The topological polar surface area (TPSA) is 95.7 Å². The summed E-state index contributed by atoms with van der Waals surface area (Å²) in [5, 5.41) is 19.7. The number of aromatic nitrogens is 2. The van der Waals surface area contributed by atoms with E-state index in [9.17, 15) is 19.8 Å². The minimum absolute atomic E-state index is 0.0775. The van der Waals surface area contributed by atoms with Crippen LogP contribution in [0.25, 0.3) is 0 Å². The number of carbonyl (C=O) groups excluding carboxylic acids is 1. The average Bonchev–Trinajstić information content (AvgIpc) is 3.12. The van der Waals surface area contributed by atoms with Gasteiger partial charge in [0, 0.05) is 41.4 Å². The second kappa shape index (κ2) is 5.35. The van der Waals surface area contributed by atoms with Crippen LogP contribution in [-0.4, -0.2) is 53.9 Å². The van der Waals surface area contributed by atoms with Crippen LogP contribution < -0.4 is 0 Å². The molecule has 24 heavy (non-hydrogen) atoms. The lowest BCUT2D eigenvalue weighted by atomic mass is 9.79. The lowest BCUT2D eigenvalue weighted by Gasteiger charge is -2.46. The van der Waals surface area contributed by atoms with Crippen LogP contribution in [0.2, 0.25) is 0 Å². The molecule has 4 rings (SSSR count). The van der Waals surface area contributed by atoms with E-state index in [0.29, 0.717) is 0 Å². The van der Waals surface area contributed by atoms with E-state index in [1.54, 1.807) is 24.9 Å². The van der Waals surface area contributed by atoms with Crippen LogP contribution in [-0.2, 0) is 22.6 Å². The van der Waals surface area contributed by atoms with Gasteiger partial charge in [-0.3, -0.25) is 4.79 Å². The number of hydrogen-bond donors (Lipinski definition) is 2. The van der Waals surface area contributed by atoms with Gasteiger partial charge < -0.3 is 19.7 Å². The zero-order chi connectivity index (χ0) is 17.2. The average molecular weight is 349 g/mol. The summed E-state index contributed by atoms with van der Waals surface area (Å²) in [6, 6.07) is -0.246. The van der Waals surface area contributed by atoms with Crippen LogP contribution in [0.5, 0.6) is 0 Å². The molecule has 0 saturated carbocycles. The lowest BCUT2D eigenvalue weighted by Crippen LogP contribution is -2.63. The highest BCUT2D eigenvalue weighted by Gasteiger charge is 2.60. The fourth-order valence-corrected chi connectivity index (χ4v) is 5.60. The number of hydrogen-bond acceptors (Lipinski definition) is 5. The number of carboxylic acids is 1. The van der Waals surface area contributed by atoms with Gasteiger partial charge in [-0.1, -0.05) is 6.92 Å². The van der Waals surface area contributed by atoms with Gasteiger partial charge in [-0.15, -0.1) is 11.8 Å². The molecule has 3 aliphatic heterocycles. The van der Waals surface area contributed by atoms with Crippen LogP contribution in [0.15, 0.2) is 23.0 Å². The predicted octanol–water partition coefficient (Wildman–Crippen LogP) is 0.695. The molecule has 128 valence electrons. The molecule has 0 spiro atoms. The van der Waals surface area contributed by atoms with Gasteiger partial charge in [0.25, 0.3) is 0 Å². The predicted molar refractivity (Wildman–Crippen MR) is 86.9 cm³/mol. The van der Waals surface area contributed by atoms with Crippen molar-refractivity contribution in [3.8, 4) is 0 Å². The number of carbonyl (C=O) groups is 2. The number of carboxylic acid groups (broad SMARTS) is 1. The van der Waals surface area contributed by atoms with Crippen molar-refractivity contribution in [2.24, 2.45) is 11.8 Å². The maximum Gasteiger partial charge on any atom is 0.353 e. The quantitative estimate of drug-likeness (QED) is 0.777. The summed E-state index contributed by atoms with van der Waals surface area (Å²) >= 11 is 1.55. The third kappa shape index (κ3) is 2.05. The smallest absolute Gasteiger partial charge is 0.353 e. The van der Waals surface area contributed by atoms with Crippen molar-refractivity contribution in [1.82, 2.24) is 14.5 Å². The highest BCUT2D eigenvalue weighted by molar-refractivity contribution is 8.03. The molecule has 0 radical (unpaired) electrons. The highest BCUT2D eigenvalue weighted by Crippen LogP contribution is 2.51. The minimum Gasteiger partial charge on any atom is -0.477 e. The fraction of sp³-hybridized carbons (Fsp3) is 0.562. The van der Waals surface area contributed by atoms with Crippen LogP contribution in [0.4, 0.5) is 0 Å². The summed E-state index contributed by atoms with van der Waals surface area (Å²) in [4.78, 5) is 30.5. The van der Waals surface area contributed by atoms with E-state index >= 15 is 0 Å². The van der Waals surface area contributed by atoms with E-state index in [4.69, 9.17) is 0 Å². The normalized spacial score (nSPS) is 32.6. The number of β-lactam (4-membered cyclic amide) rings is 1. The summed E-state index contributed by atoms with van der Waals surface area (Å²) in [5.74, 6) is -0.927. The van der Waals surface area contributed by atoms with Gasteiger partial charge >= 0.3 is 5.97 Å². The molecule has 4 heterocycles. The largest absolute Gasteiger partial charge is 0.477 e. The van der Waals surface area contributed by atoms with Crippen molar-refractivity contribution in [2.45, 2.75) is 44.2 Å². The number of thioether (sulfide) groups is 1. The molecule has 0 aliphatic carbocycles. The van der Waals surface area contributed by atoms with Crippen molar-refractivity contribution in [1.29, 1.82) is 0 Å². The lowest BCUT2D eigenvalue weighted by molar-refractivity contribution is -0.163. The van der Waals surface area contributed by atoms with Crippen molar-refractivity contribution < 1.29 is 19.8 Å². The second-order valence-electron chi connectivity index (χ2n) is 6.71. The molecule has 1 fully saturated rings. The van der Waals surface area contributed by atoms with E-state index in [2.05, 4.69) is 9.55 Å². The first-order valence-corrected chi connectivity index (χ1v) is 8.93. The van der Waals surface area contributed by atoms with Crippen LogP contribution in [0, 0.1) is 11.8 Å². The van der Waals surface area contributed by atoms with Gasteiger partial charge in [-0.05, 0) is 6.92 Å². The number of imidazole rings is 1. The molecule has 8 heteroatoms. The minimum atomic E-state index is -1.07. The Hall–Kier alpha value is -1.80. The third-order valence-corrected chi connectivity index (χ3v) is 6.69. The number of fused-ring (bicyclic) bond motifs is 2. The van der Waals surface area contributed by atoms with Gasteiger partial charge in [0.1, 0.15) is 11.5 Å². The fourth-order valence-electron chi connectivity index (χ4n) is 4.12. The summed E-state index contributed by atoms with van der Waals surface area (Å²) in [6.45, 7) is 4.33. The molecule has 0 bridgehead atoms. The van der Waals surface area contributed by atoms with E-state index in [0.717, 1.165) is 23.7 Å². The number of rotatable bonds is 4. The zero-order valence-corrected chi connectivity index (χ0v) is 14.2. The molecule has 1 saturated heterocycles. The van der Waals surface area contributed by atoms with Gasteiger partial charge in [-0.2, -0.15) is 0 Å². The molecule has 5 atom stereocenters. The maximum absolute atomic E-state index is 12.3. The van der Waals surface area contributed by atoms with E-state index in [1.807, 2.05) is 13.1 Å². The first kappa shape index (κ1) is 15.7. The van der Waals surface area contributed by atoms with Crippen molar-refractivity contribution >= 4 is 23.6 Å². The van der Waals surface area contributed by atoms with Gasteiger partial charge in [0.05, 0.1) is 18.1 Å². The van der Waals surface area contributed by atoms with Gasteiger partial charge in [-0.25, -0.2) is 9.78 Å². The van der Waals surface area contributed by atoms with Crippen molar-refractivity contribution in [2.75, 3.05) is 0 Å². The third-order valence-electron chi connectivity index (χ3n) is 5.22. The molecular formula is C16H19N3O4S. The number of aliphatic hydroxyl groups excluding tert-OH is 1. The molecule has 7 nitrogen and oxygen atoms in total. The van der Waals surface area contributed by atoms with Crippen LogP contribution >= 0.6 is 11.8 Å². The summed E-state index contributed by atoms with van der Waals surface area (Å²) in [6.07, 6.45) is 3.73. The molecular weight excluding hydrogens is 330 g/mol. The molecule has 0 aromatic carbocycles. The second-order valence-corrected chi connectivity index (χ2v) is 8.05. The van der Waals surface area contributed by atoms with Gasteiger partial charge in [0.15, 0.2) is 0 Å². The summed E-state index contributed by atoms with van der Waals surface area (Å²) in [7, 11) is 0. The van der Waals surface area contributed by atoms with E-state index in [-0.39, 0.29) is 28.8 Å². The Bertz CT molecular complexity index is 736. The van der Waals surface area contributed by atoms with Gasteiger partial charge in [0.2, 0.25) is 5.91 Å². The molecule has 2 unspecified atom stereocenters. The molecule has 1 aromatic rings. The number of aliphatic carboxylic acids is 1. The van der Waals surface area contributed by atoms with E-state index in [1.165, 1.54) is 4.90 Å². The molecule has 1 amide bonds. The Morgan fingerprint density at radius 3 is 2.88 bits per heavy atom. The Morgan fingerprint density at radius 2 is 2.25 bits per heavy atom. The Balaban J connectivity index is 1.61. The summed E-state index contributed by atoms with van der Waals surface area (Å²) < 4.78 is 2.08. The molecule has 3 aliphatic rings. The molecule has 1 aromatic heterocycles. The van der Waals surface area contributed by atoms with Crippen LogP contribution in [0.1, 0.15) is 19.7 Å². The Kier molecular flexibility index (Phi) is 3.50. The number of aliphatic hydroxyl groups is 1. The van der Waals surface area contributed by atoms with Crippen LogP contribution in [0.3, 0.4) is 0 Å². The van der Waals surface area contributed by atoms with Crippen molar-refractivity contribution in [3.05, 3.63) is 28.8 Å². The number of nitrogens with zero attached hydrogens (tertiary/aromatic N) is 3. The summed E-state index contributed by atoms with van der Waals surface area (Å²) in [5.41, 5.74) is 0.101. The zero-order valence-electron chi connectivity index (χ0n) is 13.4. The Labute approximate surface area is 143 Å². The Morgan fingerprint density at radius 1 is 1.50 bits per heavy atom. The maximum atomic E-state index is 12.3. The number of amides is 1. The van der Waals surface area contributed by atoms with Crippen molar-refractivity contribution in [3.63, 3.8) is 0 Å².